The predicted molar refractivity (Wildman–Crippen MR) is 74.1 cm³/mol. The van der Waals surface area contributed by atoms with E-state index in [2.05, 4.69) is 12.2 Å². The number of aliphatic carboxylic acids is 1. The first kappa shape index (κ1) is 15.8. The summed E-state index contributed by atoms with van der Waals surface area (Å²) in [5.41, 5.74) is 0. The zero-order chi connectivity index (χ0) is 14.3. The SMILES string of the molecule is CCCC(CCNC(=O)N(C)C1CC1)CCC(=O)O. The van der Waals surface area contributed by atoms with Gasteiger partial charge in [0.25, 0.3) is 0 Å². The third-order valence-corrected chi connectivity index (χ3v) is 3.71. The Morgan fingerprint density at radius 3 is 2.53 bits per heavy atom. The van der Waals surface area contributed by atoms with E-state index < -0.39 is 5.97 Å². The number of carboxylic acid groups (broad SMARTS) is 1. The summed E-state index contributed by atoms with van der Waals surface area (Å²) >= 11 is 0. The number of nitrogens with zero attached hydrogens (tertiary/aromatic N) is 1. The van der Waals surface area contributed by atoms with Crippen LogP contribution in [0.4, 0.5) is 4.79 Å². The number of carbonyl (C=O) groups excluding carboxylic acids is 1. The van der Waals surface area contributed by atoms with Gasteiger partial charge in [-0.2, -0.15) is 0 Å². The van der Waals surface area contributed by atoms with Crippen LogP contribution in [0.5, 0.6) is 0 Å². The molecule has 0 aromatic rings. The molecule has 0 bridgehead atoms. The van der Waals surface area contributed by atoms with Crippen molar-refractivity contribution in [3.05, 3.63) is 0 Å². The summed E-state index contributed by atoms with van der Waals surface area (Å²) in [7, 11) is 1.83. The first-order valence-electron chi connectivity index (χ1n) is 7.27. The number of rotatable bonds is 9. The topological polar surface area (TPSA) is 69.6 Å². The third-order valence-electron chi connectivity index (χ3n) is 3.71. The number of carboxylic acids is 1. The first-order chi connectivity index (χ1) is 9.04. The van der Waals surface area contributed by atoms with Crippen LogP contribution in [0.3, 0.4) is 0 Å². The first-order valence-corrected chi connectivity index (χ1v) is 7.27. The molecule has 19 heavy (non-hydrogen) atoms. The smallest absolute Gasteiger partial charge is 0.317 e. The molecule has 110 valence electrons. The van der Waals surface area contributed by atoms with Gasteiger partial charge in [0.15, 0.2) is 0 Å². The number of hydrogen-bond acceptors (Lipinski definition) is 2. The lowest BCUT2D eigenvalue weighted by Crippen LogP contribution is -2.39. The van der Waals surface area contributed by atoms with Crippen LogP contribution >= 0.6 is 0 Å². The lowest BCUT2D eigenvalue weighted by Gasteiger charge is -2.19. The summed E-state index contributed by atoms with van der Waals surface area (Å²) < 4.78 is 0. The standard InChI is InChI=1S/C14H26N2O3/c1-3-4-11(5-8-13(17)18)9-10-15-14(19)16(2)12-6-7-12/h11-12H,3-10H2,1-2H3,(H,15,19)(H,17,18). The van der Waals surface area contributed by atoms with Crippen molar-refractivity contribution in [3.8, 4) is 0 Å². The van der Waals surface area contributed by atoms with Crippen molar-refractivity contribution in [3.63, 3.8) is 0 Å². The average Bonchev–Trinajstić information content (AvgIpc) is 3.18. The normalized spacial score (nSPS) is 15.9. The van der Waals surface area contributed by atoms with E-state index in [1.165, 1.54) is 0 Å². The summed E-state index contributed by atoms with van der Waals surface area (Å²) in [5.74, 6) is -0.341. The van der Waals surface area contributed by atoms with Gasteiger partial charge >= 0.3 is 12.0 Å². The minimum Gasteiger partial charge on any atom is -0.481 e. The van der Waals surface area contributed by atoms with Crippen LogP contribution in [-0.2, 0) is 4.79 Å². The number of amides is 2. The maximum atomic E-state index is 11.8. The summed E-state index contributed by atoms with van der Waals surface area (Å²) in [4.78, 5) is 24.1. The van der Waals surface area contributed by atoms with Gasteiger partial charge in [-0.1, -0.05) is 19.8 Å². The molecule has 1 aliphatic carbocycles. The molecule has 5 nitrogen and oxygen atoms in total. The molecule has 1 aliphatic rings. The summed E-state index contributed by atoms with van der Waals surface area (Å²) in [6.45, 7) is 2.74. The van der Waals surface area contributed by atoms with Gasteiger partial charge in [0.05, 0.1) is 0 Å². The van der Waals surface area contributed by atoms with Gasteiger partial charge < -0.3 is 15.3 Å². The van der Waals surface area contributed by atoms with Gasteiger partial charge in [-0.15, -0.1) is 0 Å². The van der Waals surface area contributed by atoms with E-state index >= 15 is 0 Å². The van der Waals surface area contributed by atoms with Crippen LogP contribution in [0.15, 0.2) is 0 Å². The Hall–Kier alpha value is -1.26. The minimum absolute atomic E-state index is 0.00372. The van der Waals surface area contributed by atoms with E-state index in [9.17, 15) is 9.59 Å². The van der Waals surface area contributed by atoms with Gasteiger partial charge in [-0.3, -0.25) is 4.79 Å². The molecule has 0 heterocycles. The number of urea groups is 1. The molecule has 1 saturated carbocycles. The van der Waals surface area contributed by atoms with E-state index in [0.717, 1.165) is 32.1 Å². The monoisotopic (exact) mass is 270 g/mol. The van der Waals surface area contributed by atoms with Crippen LogP contribution in [0.2, 0.25) is 0 Å². The van der Waals surface area contributed by atoms with Crippen molar-refractivity contribution in [2.75, 3.05) is 13.6 Å². The fourth-order valence-electron chi connectivity index (χ4n) is 2.30. The van der Waals surface area contributed by atoms with Crippen LogP contribution in [0, 0.1) is 5.92 Å². The van der Waals surface area contributed by atoms with Gasteiger partial charge in [-0.25, -0.2) is 4.79 Å². The quantitative estimate of drug-likeness (QED) is 0.676. The molecule has 5 heteroatoms. The fraction of sp³-hybridized carbons (Fsp3) is 0.857. The Morgan fingerprint density at radius 2 is 2.00 bits per heavy atom. The lowest BCUT2D eigenvalue weighted by atomic mass is 9.94. The van der Waals surface area contributed by atoms with Crippen LogP contribution < -0.4 is 5.32 Å². The highest BCUT2D eigenvalue weighted by atomic mass is 16.4. The molecule has 0 aliphatic heterocycles. The number of carbonyl (C=O) groups is 2. The summed E-state index contributed by atoms with van der Waals surface area (Å²) in [6, 6.07) is 0.425. The highest BCUT2D eigenvalue weighted by molar-refractivity contribution is 5.74. The molecule has 0 aromatic carbocycles. The Balaban J connectivity index is 2.18. The second-order valence-corrected chi connectivity index (χ2v) is 5.45. The molecule has 2 amide bonds. The van der Waals surface area contributed by atoms with Crippen molar-refractivity contribution >= 4 is 12.0 Å². The van der Waals surface area contributed by atoms with E-state index in [0.29, 0.717) is 24.9 Å². The van der Waals surface area contributed by atoms with Crippen molar-refractivity contribution < 1.29 is 14.7 Å². The molecule has 1 rings (SSSR count). The molecule has 0 saturated heterocycles. The molecule has 0 aromatic heterocycles. The number of nitrogens with one attached hydrogen (secondary N) is 1. The molecule has 1 fully saturated rings. The van der Waals surface area contributed by atoms with E-state index in [4.69, 9.17) is 5.11 Å². The Bertz CT molecular complexity index is 303. The molecular weight excluding hydrogens is 244 g/mol. The largest absolute Gasteiger partial charge is 0.481 e. The molecule has 1 unspecified atom stereocenters. The molecular formula is C14H26N2O3. The lowest BCUT2D eigenvalue weighted by molar-refractivity contribution is -0.137. The number of hydrogen-bond donors (Lipinski definition) is 2. The van der Waals surface area contributed by atoms with Crippen molar-refractivity contribution in [1.29, 1.82) is 0 Å². The van der Waals surface area contributed by atoms with Gasteiger partial charge in [-0.05, 0) is 31.6 Å². The maximum Gasteiger partial charge on any atom is 0.317 e. The fourth-order valence-corrected chi connectivity index (χ4v) is 2.30. The zero-order valence-corrected chi connectivity index (χ0v) is 12.0. The van der Waals surface area contributed by atoms with Crippen molar-refractivity contribution in [2.24, 2.45) is 5.92 Å². The highest BCUT2D eigenvalue weighted by Gasteiger charge is 2.29. The average molecular weight is 270 g/mol. The predicted octanol–water partition coefficient (Wildman–Crippen LogP) is 2.46. The van der Waals surface area contributed by atoms with Crippen molar-refractivity contribution in [1.82, 2.24) is 10.2 Å². The van der Waals surface area contributed by atoms with Gasteiger partial charge in [0, 0.05) is 26.1 Å². The zero-order valence-electron chi connectivity index (χ0n) is 12.0. The van der Waals surface area contributed by atoms with E-state index in [1.54, 1.807) is 4.90 Å². The second kappa shape index (κ2) is 8.02. The molecule has 0 spiro atoms. The summed E-state index contributed by atoms with van der Waals surface area (Å²) in [6.07, 6.45) is 6.10. The Kier molecular flexibility index (Phi) is 6.67. The van der Waals surface area contributed by atoms with E-state index in [1.807, 2.05) is 7.05 Å². The molecule has 0 radical (unpaired) electrons. The molecule has 1 atom stereocenters. The molecule has 2 N–H and O–H groups in total. The van der Waals surface area contributed by atoms with E-state index in [-0.39, 0.29) is 12.5 Å². The Morgan fingerprint density at radius 1 is 1.32 bits per heavy atom. The van der Waals surface area contributed by atoms with Gasteiger partial charge in [0.1, 0.15) is 0 Å². The second-order valence-electron chi connectivity index (χ2n) is 5.45. The highest BCUT2D eigenvalue weighted by Crippen LogP contribution is 2.25. The van der Waals surface area contributed by atoms with Crippen LogP contribution in [0.25, 0.3) is 0 Å². The van der Waals surface area contributed by atoms with Crippen LogP contribution in [0.1, 0.15) is 51.9 Å². The maximum absolute atomic E-state index is 11.8. The third kappa shape index (κ3) is 6.45. The van der Waals surface area contributed by atoms with Crippen molar-refractivity contribution in [2.45, 2.75) is 57.9 Å². The van der Waals surface area contributed by atoms with Gasteiger partial charge in [0.2, 0.25) is 0 Å². The minimum atomic E-state index is -0.737. The Labute approximate surface area is 115 Å². The summed E-state index contributed by atoms with van der Waals surface area (Å²) in [5, 5.41) is 11.6. The van der Waals surface area contributed by atoms with Crippen LogP contribution in [-0.4, -0.2) is 41.6 Å².